The van der Waals surface area contributed by atoms with Crippen LogP contribution in [0.2, 0.25) is 0 Å². The maximum Gasteiger partial charge on any atom is 0.261 e. The molecule has 1 N–H and O–H groups in total. The van der Waals surface area contributed by atoms with Crippen molar-refractivity contribution in [2.75, 3.05) is 6.54 Å². The Hall–Kier alpha value is -1.61. The van der Waals surface area contributed by atoms with Gasteiger partial charge in [0.2, 0.25) is 0 Å². The molecule has 1 aliphatic carbocycles. The van der Waals surface area contributed by atoms with Gasteiger partial charge < -0.3 is 5.32 Å². The van der Waals surface area contributed by atoms with E-state index in [9.17, 15) is 4.79 Å². The van der Waals surface area contributed by atoms with E-state index in [-0.39, 0.29) is 5.91 Å². The molecule has 1 aliphatic rings. The van der Waals surface area contributed by atoms with Gasteiger partial charge in [-0.1, -0.05) is 55.7 Å². The average molecular weight is 313 g/mol. The molecule has 3 rings (SSSR count). The van der Waals surface area contributed by atoms with Crippen molar-refractivity contribution in [1.29, 1.82) is 0 Å². The highest BCUT2D eigenvalue weighted by Gasteiger charge is 2.25. The van der Waals surface area contributed by atoms with Gasteiger partial charge in [0.1, 0.15) is 0 Å². The Morgan fingerprint density at radius 1 is 1.09 bits per heavy atom. The van der Waals surface area contributed by atoms with Gasteiger partial charge in [0, 0.05) is 12.5 Å². The van der Waals surface area contributed by atoms with Crippen LogP contribution in [0.3, 0.4) is 0 Å². The van der Waals surface area contributed by atoms with Gasteiger partial charge in [0.15, 0.2) is 0 Å². The average Bonchev–Trinajstić information content (AvgIpc) is 3.11. The van der Waals surface area contributed by atoms with Crippen molar-refractivity contribution in [3.8, 4) is 0 Å². The van der Waals surface area contributed by atoms with E-state index >= 15 is 0 Å². The van der Waals surface area contributed by atoms with Crippen molar-refractivity contribution in [2.45, 2.75) is 38.0 Å². The van der Waals surface area contributed by atoms with E-state index in [4.69, 9.17) is 0 Å². The summed E-state index contributed by atoms with van der Waals surface area (Å²) in [6.45, 7) is 0.741. The fraction of sp³-hybridized carbons (Fsp3) is 0.421. The first-order valence-corrected chi connectivity index (χ1v) is 9.09. The zero-order valence-electron chi connectivity index (χ0n) is 12.8. The first kappa shape index (κ1) is 15.3. The molecule has 0 saturated heterocycles. The van der Waals surface area contributed by atoms with E-state index in [1.54, 1.807) is 0 Å². The standard InChI is InChI=1S/C19H23NOS/c21-19(18-12-7-13-22-18)20-14-17(15-8-3-1-4-9-15)16-10-5-2-6-11-16/h1,3-4,7-9,12-13,16-17H,2,5-6,10-11,14H2,(H,20,21)/t17-/m1/s1. The summed E-state index contributed by atoms with van der Waals surface area (Å²) in [5.74, 6) is 1.19. The lowest BCUT2D eigenvalue weighted by Crippen LogP contribution is -2.31. The van der Waals surface area contributed by atoms with Gasteiger partial charge in [0.05, 0.1) is 4.88 Å². The molecule has 0 unspecified atom stereocenters. The maximum absolute atomic E-state index is 12.2. The highest BCUT2D eigenvalue weighted by molar-refractivity contribution is 7.12. The Morgan fingerprint density at radius 2 is 1.86 bits per heavy atom. The highest BCUT2D eigenvalue weighted by atomic mass is 32.1. The van der Waals surface area contributed by atoms with Gasteiger partial charge >= 0.3 is 0 Å². The van der Waals surface area contributed by atoms with Crippen LogP contribution in [-0.2, 0) is 0 Å². The molecule has 1 saturated carbocycles. The third-order valence-electron chi connectivity index (χ3n) is 4.67. The number of benzene rings is 1. The quantitative estimate of drug-likeness (QED) is 0.840. The molecule has 1 aromatic heterocycles. The van der Waals surface area contributed by atoms with Crippen molar-refractivity contribution in [3.63, 3.8) is 0 Å². The molecule has 2 aromatic rings. The van der Waals surface area contributed by atoms with E-state index < -0.39 is 0 Å². The Bertz CT molecular complexity index is 573. The number of hydrogen-bond donors (Lipinski definition) is 1. The van der Waals surface area contributed by atoms with Crippen molar-refractivity contribution in [2.24, 2.45) is 5.92 Å². The fourth-order valence-electron chi connectivity index (χ4n) is 3.49. The summed E-state index contributed by atoms with van der Waals surface area (Å²) in [7, 11) is 0. The second-order valence-corrected chi connectivity index (χ2v) is 7.05. The van der Waals surface area contributed by atoms with Gasteiger partial charge in [-0.15, -0.1) is 11.3 Å². The molecular weight excluding hydrogens is 290 g/mol. The van der Waals surface area contributed by atoms with Crippen molar-refractivity contribution in [3.05, 3.63) is 58.3 Å². The third-order valence-corrected chi connectivity index (χ3v) is 5.54. The van der Waals surface area contributed by atoms with Crippen LogP contribution in [0.5, 0.6) is 0 Å². The first-order valence-electron chi connectivity index (χ1n) is 8.21. The molecule has 3 heteroatoms. The zero-order valence-corrected chi connectivity index (χ0v) is 13.6. The van der Waals surface area contributed by atoms with Gasteiger partial charge in [0.25, 0.3) is 5.91 Å². The molecule has 0 radical (unpaired) electrons. The van der Waals surface area contributed by atoms with Crippen LogP contribution in [0.4, 0.5) is 0 Å². The van der Waals surface area contributed by atoms with Crippen molar-refractivity contribution < 1.29 is 4.79 Å². The molecule has 0 aliphatic heterocycles. The number of carbonyl (C=O) groups excluding carboxylic acids is 1. The van der Waals surface area contributed by atoms with Gasteiger partial charge in [-0.05, 0) is 35.8 Å². The Morgan fingerprint density at radius 3 is 2.55 bits per heavy atom. The van der Waals surface area contributed by atoms with Crippen LogP contribution >= 0.6 is 11.3 Å². The van der Waals surface area contributed by atoms with E-state index in [1.807, 2.05) is 17.5 Å². The molecular formula is C19H23NOS. The summed E-state index contributed by atoms with van der Waals surface area (Å²) in [5.41, 5.74) is 1.36. The van der Waals surface area contributed by atoms with Crippen LogP contribution in [0, 0.1) is 5.92 Å². The Labute approximate surface area is 136 Å². The smallest absolute Gasteiger partial charge is 0.261 e. The lowest BCUT2D eigenvalue weighted by Gasteiger charge is -2.31. The number of nitrogens with one attached hydrogen (secondary N) is 1. The minimum Gasteiger partial charge on any atom is -0.351 e. The summed E-state index contributed by atoms with van der Waals surface area (Å²) in [6.07, 6.45) is 6.59. The summed E-state index contributed by atoms with van der Waals surface area (Å²) in [6, 6.07) is 14.5. The van der Waals surface area contributed by atoms with E-state index in [2.05, 4.69) is 35.6 Å². The minimum absolute atomic E-state index is 0.0618. The first-order chi connectivity index (χ1) is 10.8. The molecule has 0 spiro atoms. The number of thiophene rings is 1. The number of amides is 1. The van der Waals surface area contributed by atoms with Crippen LogP contribution in [-0.4, -0.2) is 12.5 Å². The lowest BCUT2D eigenvalue weighted by molar-refractivity contribution is 0.0950. The highest BCUT2D eigenvalue weighted by Crippen LogP contribution is 2.35. The normalized spacial score (nSPS) is 17.1. The third kappa shape index (κ3) is 3.77. The molecule has 22 heavy (non-hydrogen) atoms. The monoisotopic (exact) mass is 313 g/mol. The second-order valence-electron chi connectivity index (χ2n) is 6.10. The Balaban J connectivity index is 1.69. The summed E-state index contributed by atoms with van der Waals surface area (Å²) in [5, 5.41) is 5.10. The number of hydrogen-bond acceptors (Lipinski definition) is 2. The molecule has 0 bridgehead atoms. The van der Waals surface area contributed by atoms with Gasteiger partial charge in [-0.2, -0.15) is 0 Å². The second kappa shape index (κ2) is 7.59. The Kier molecular flexibility index (Phi) is 5.28. The molecule has 1 fully saturated rings. The largest absolute Gasteiger partial charge is 0.351 e. The van der Waals surface area contributed by atoms with Crippen LogP contribution in [0.25, 0.3) is 0 Å². The predicted octanol–water partition coefficient (Wildman–Crippen LogP) is 4.84. The molecule has 1 amide bonds. The minimum atomic E-state index is 0.0618. The van der Waals surface area contributed by atoms with Gasteiger partial charge in [-0.3, -0.25) is 4.79 Å². The fourth-order valence-corrected chi connectivity index (χ4v) is 4.13. The van der Waals surface area contributed by atoms with E-state index in [1.165, 1.54) is 49.0 Å². The number of carbonyl (C=O) groups is 1. The number of rotatable bonds is 5. The summed E-state index contributed by atoms with van der Waals surface area (Å²) in [4.78, 5) is 13.0. The summed E-state index contributed by atoms with van der Waals surface area (Å²) >= 11 is 1.50. The van der Waals surface area contributed by atoms with Crippen LogP contribution in [0.15, 0.2) is 47.8 Å². The molecule has 1 atom stereocenters. The predicted molar refractivity (Wildman–Crippen MR) is 92.4 cm³/mol. The van der Waals surface area contributed by atoms with E-state index in [0.29, 0.717) is 11.8 Å². The molecule has 1 heterocycles. The van der Waals surface area contributed by atoms with Crippen molar-refractivity contribution >= 4 is 17.2 Å². The zero-order chi connectivity index (χ0) is 15.2. The van der Waals surface area contributed by atoms with Gasteiger partial charge in [-0.25, -0.2) is 0 Å². The van der Waals surface area contributed by atoms with E-state index in [0.717, 1.165) is 11.4 Å². The maximum atomic E-state index is 12.2. The summed E-state index contributed by atoms with van der Waals surface area (Å²) < 4.78 is 0. The molecule has 116 valence electrons. The molecule has 1 aromatic carbocycles. The SMILES string of the molecule is O=C(NC[C@H](c1ccccc1)C1CCCCC1)c1cccs1. The van der Waals surface area contributed by atoms with Crippen LogP contribution in [0.1, 0.15) is 53.3 Å². The lowest BCUT2D eigenvalue weighted by atomic mass is 9.77. The topological polar surface area (TPSA) is 29.1 Å². The van der Waals surface area contributed by atoms with Crippen LogP contribution < -0.4 is 5.32 Å². The molecule has 2 nitrogen and oxygen atoms in total. The van der Waals surface area contributed by atoms with Crippen molar-refractivity contribution in [1.82, 2.24) is 5.32 Å².